The van der Waals surface area contributed by atoms with Crippen LogP contribution in [0.25, 0.3) is 0 Å². The Morgan fingerprint density at radius 3 is 2.54 bits per heavy atom. The van der Waals surface area contributed by atoms with Crippen molar-refractivity contribution in [2.75, 3.05) is 11.4 Å². The molecule has 0 amide bonds. The Labute approximate surface area is 229 Å². The normalized spacial score (nSPS) is 17.9. The minimum atomic E-state index is -0.570. The van der Waals surface area contributed by atoms with E-state index in [0.717, 1.165) is 43.5 Å². The van der Waals surface area contributed by atoms with E-state index in [9.17, 15) is 18.8 Å². The van der Waals surface area contributed by atoms with Crippen LogP contribution >= 0.6 is 0 Å². The Morgan fingerprint density at radius 2 is 1.85 bits per heavy atom. The van der Waals surface area contributed by atoms with Gasteiger partial charge in [0.25, 0.3) is 0 Å². The van der Waals surface area contributed by atoms with E-state index in [4.69, 9.17) is 4.84 Å². The molecule has 2 atom stereocenters. The van der Waals surface area contributed by atoms with Crippen LogP contribution in [0.3, 0.4) is 0 Å². The van der Waals surface area contributed by atoms with E-state index in [1.54, 1.807) is 6.92 Å². The molecule has 7 heteroatoms. The molecule has 6 nitrogen and oxygen atoms in total. The van der Waals surface area contributed by atoms with Gasteiger partial charge in [0.05, 0.1) is 6.04 Å². The summed E-state index contributed by atoms with van der Waals surface area (Å²) in [4.78, 5) is 45.4. The summed E-state index contributed by atoms with van der Waals surface area (Å²) in [5, 5.41) is 3.90. The van der Waals surface area contributed by atoms with Gasteiger partial charge in [-0.15, -0.1) is 0 Å². The molecule has 2 unspecified atom stereocenters. The zero-order chi connectivity index (χ0) is 28.1. The number of aryl methyl sites for hydroxylation is 1. The molecule has 0 fully saturated rings. The van der Waals surface area contributed by atoms with Crippen LogP contribution in [-0.2, 0) is 14.4 Å². The highest BCUT2D eigenvalue weighted by atomic mass is 19.1. The van der Waals surface area contributed by atoms with Gasteiger partial charge >= 0.3 is 5.97 Å². The molecule has 39 heavy (non-hydrogen) atoms. The average molecular weight is 531 g/mol. The van der Waals surface area contributed by atoms with E-state index < -0.39 is 5.97 Å². The van der Waals surface area contributed by atoms with Gasteiger partial charge in [0.2, 0.25) is 5.78 Å². The Hall–Kier alpha value is -3.87. The molecule has 0 N–H and O–H groups in total. The summed E-state index contributed by atoms with van der Waals surface area (Å²) in [5.41, 5.74) is 4.27. The predicted molar refractivity (Wildman–Crippen MR) is 151 cm³/mol. The van der Waals surface area contributed by atoms with E-state index in [0.29, 0.717) is 28.7 Å². The Morgan fingerprint density at radius 1 is 1.05 bits per heavy atom. The molecule has 4 rings (SSSR count). The first-order valence-corrected chi connectivity index (χ1v) is 13.7. The van der Waals surface area contributed by atoms with E-state index in [-0.39, 0.29) is 35.1 Å². The van der Waals surface area contributed by atoms with Crippen LogP contribution < -0.4 is 4.90 Å². The lowest BCUT2D eigenvalue weighted by molar-refractivity contribution is -0.140. The van der Waals surface area contributed by atoms with Gasteiger partial charge in [-0.1, -0.05) is 49.6 Å². The molecule has 0 radical (unpaired) electrons. The molecule has 0 spiro atoms. The lowest BCUT2D eigenvalue weighted by atomic mass is 9.85. The number of carbonyl (C=O) groups is 3. The summed E-state index contributed by atoms with van der Waals surface area (Å²) >= 11 is 0. The van der Waals surface area contributed by atoms with Crippen LogP contribution in [0.5, 0.6) is 0 Å². The number of nitrogens with zero attached hydrogens (tertiary/aromatic N) is 2. The quantitative estimate of drug-likeness (QED) is 0.107. The number of likely N-dealkylation sites (N-methyl/N-ethyl adjacent to an activating group) is 1. The smallest absolute Gasteiger partial charge is 0.331 e. The van der Waals surface area contributed by atoms with Gasteiger partial charge in [0.1, 0.15) is 11.5 Å². The van der Waals surface area contributed by atoms with Crippen molar-refractivity contribution in [2.24, 2.45) is 5.16 Å². The molecule has 2 aromatic rings. The first-order valence-electron chi connectivity index (χ1n) is 13.7. The summed E-state index contributed by atoms with van der Waals surface area (Å²) in [5.74, 6) is -1.51. The number of benzene rings is 2. The van der Waals surface area contributed by atoms with Crippen molar-refractivity contribution in [2.45, 2.75) is 71.8 Å². The predicted octanol–water partition coefficient (Wildman–Crippen LogP) is 6.61. The van der Waals surface area contributed by atoms with Crippen LogP contribution in [0.1, 0.15) is 85.8 Å². The van der Waals surface area contributed by atoms with Crippen LogP contribution in [0, 0.1) is 12.7 Å². The molecule has 0 saturated heterocycles. The molecule has 1 heterocycles. The Bertz CT molecular complexity index is 1370. The first-order chi connectivity index (χ1) is 18.7. The van der Waals surface area contributed by atoms with Crippen molar-refractivity contribution in [1.29, 1.82) is 0 Å². The molecule has 1 aliphatic carbocycles. The number of halogens is 1. The maximum Gasteiger partial charge on any atom is 0.331 e. The van der Waals surface area contributed by atoms with Gasteiger partial charge < -0.3 is 9.74 Å². The number of Topliss-reactive ketones (excluding diaryl/α,β-unsaturated/α-hetero) is 1. The van der Waals surface area contributed by atoms with E-state index in [2.05, 4.69) is 23.9 Å². The molecule has 0 saturated carbocycles. The average Bonchev–Trinajstić information content (AvgIpc) is 3.24. The van der Waals surface area contributed by atoms with Crippen molar-refractivity contribution in [1.82, 2.24) is 0 Å². The van der Waals surface area contributed by atoms with Crippen LogP contribution in [0.15, 0.2) is 65.4 Å². The van der Waals surface area contributed by atoms with E-state index >= 15 is 0 Å². The minimum Gasteiger partial charge on any atom is -0.364 e. The number of fused-ring (bicyclic) bond motifs is 3. The molecule has 2 aromatic carbocycles. The molecular weight excluding hydrogens is 495 g/mol. The zero-order valence-corrected chi connectivity index (χ0v) is 23.0. The molecule has 1 aliphatic heterocycles. The summed E-state index contributed by atoms with van der Waals surface area (Å²) in [6, 6.07) is 9.84. The van der Waals surface area contributed by atoms with Gasteiger partial charge in [0.15, 0.2) is 5.78 Å². The number of hydrogen-bond acceptors (Lipinski definition) is 6. The summed E-state index contributed by atoms with van der Waals surface area (Å²) in [7, 11) is 0. The molecule has 0 aromatic heterocycles. The summed E-state index contributed by atoms with van der Waals surface area (Å²) in [6.45, 7) is 7.93. The maximum absolute atomic E-state index is 13.6. The summed E-state index contributed by atoms with van der Waals surface area (Å²) < 4.78 is 13.6. The van der Waals surface area contributed by atoms with Gasteiger partial charge in [0, 0.05) is 41.8 Å². The van der Waals surface area contributed by atoms with Gasteiger partial charge in [-0.05, 0) is 74.2 Å². The Balaban J connectivity index is 1.66. The molecule has 0 bridgehead atoms. The highest BCUT2D eigenvalue weighted by Crippen LogP contribution is 2.45. The highest BCUT2D eigenvalue weighted by Gasteiger charge is 2.38. The maximum atomic E-state index is 13.6. The zero-order valence-electron chi connectivity index (χ0n) is 23.0. The monoisotopic (exact) mass is 530 g/mol. The third-order valence-electron chi connectivity index (χ3n) is 7.37. The minimum absolute atomic E-state index is 0.0119. The van der Waals surface area contributed by atoms with Crippen molar-refractivity contribution in [3.05, 3.63) is 88.3 Å². The van der Waals surface area contributed by atoms with Gasteiger partial charge in [-0.3, -0.25) is 9.59 Å². The fourth-order valence-corrected chi connectivity index (χ4v) is 5.40. The first kappa shape index (κ1) is 28.1. The highest BCUT2D eigenvalue weighted by molar-refractivity contribution is 6.46. The Kier molecular flexibility index (Phi) is 8.90. The van der Waals surface area contributed by atoms with Crippen molar-refractivity contribution in [3.63, 3.8) is 0 Å². The van der Waals surface area contributed by atoms with Crippen molar-refractivity contribution >= 4 is 28.9 Å². The van der Waals surface area contributed by atoms with Gasteiger partial charge in [-0.25, -0.2) is 9.18 Å². The molecular formula is C32H35FN2O4. The number of carbonyl (C=O) groups excluding carboxylic acids is 3. The lowest BCUT2D eigenvalue weighted by Crippen LogP contribution is -2.33. The fraction of sp³-hybridized carbons (Fsp3) is 0.375. The number of oxime groups is 1. The second kappa shape index (κ2) is 12.3. The van der Waals surface area contributed by atoms with Crippen molar-refractivity contribution < 1.29 is 23.6 Å². The van der Waals surface area contributed by atoms with Crippen LogP contribution in [0.2, 0.25) is 0 Å². The molecule has 204 valence electrons. The number of hydrogen-bond donors (Lipinski definition) is 0. The van der Waals surface area contributed by atoms with Gasteiger partial charge in [-0.2, -0.15) is 0 Å². The number of ketones is 2. The molecule has 2 aliphatic rings. The standard InChI is InChI=1S/C32H35FN2O4/c1-5-7-8-9-10-28(34-39-21(4)36)32(38)23-12-16-30-27(19-23)26-18-22(11-15-29(26)35(30)6-2)31(37)25-14-13-24(33)17-20(25)3/h11-19,27,30H,5-10H2,1-4H3/b34-28+. The third-order valence-corrected chi connectivity index (χ3v) is 7.37. The number of unbranched alkanes of at least 4 members (excludes halogenated alkanes) is 3. The topological polar surface area (TPSA) is 76.0 Å². The van der Waals surface area contributed by atoms with Crippen LogP contribution in [0.4, 0.5) is 10.1 Å². The second-order valence-corrected chi connectivity index (χ2v) is 10.1. The largest absolute Gasteiger partial charge is 0.364 e. The number of allylic oxidation sites excluding steroid dienone is 2. The van der Waals surface area contributed by atoms with E-state index in [1.165, 1.54) is 25.1 Å². The fourth-order valence-electron chi connectivity index (χ4n) is 5.40. The van der Waals surface area contributed by atoms with E-state index in [1.807, 2.05) is 36.4 Å². The van der Waals surface area contributed by atoms with Crippen LogP contribution in [-0.4, -0.2) is 35.8 Å². The second-order valence-electron chi connectivity index (χ2n) is 10.1. The summed E-state index contributed by atoms with van der Waals surface area (Å²) in [6.07, 6.45) is 10.1. The number of anilines is 1. The SMILES string of the molecule is CCCCCC/C(=N\OC(C)=O)C(=O)C1=CC2c3cc(C(=O)c4ccc(F)cc4C)ccc3N(CC)C2C=C1. The lowest BCUT2D eigenvalue weighted by Gasteiger charge is -2.28. The third kappa shape index (κ3) is 6.08. The van der Waals surface area contributed by atoms with Crippen molar-refractivity contribution in [3.8, 4) is 0 Å². The number of rotatable bonds is 11.